The van der Waals surface area contributed by atoms with E-state index in [0.29, 0.717) is 29.5 Å². The number of rotatable bonds is 5. The number of fused-ring (bicyclic) bond motifs is 1. The van der Waals surface area contributed by atoms with Crippen LogP contribution in [0.5, 0.6) is 0 Å². The second kappa shape index (κ2) is 8.41. The monoisotopic (exact) mass is 429 g/mol. The van der Waals surface area contributed by atoms with Crippen molar-refractivity contribution in [2.45, 2.75) is 24.9 Å². The maximum atomic E-state index is 13.3. The number of carbonyl (C=O) groups is 2. The van der Waals surface area contributed by atoms with Crippen LogP contribution < -0.4 is 11.1 Å². The molecule has 2 amide bonds. The summed E-state index contributed by atoms with van der Waals surface area (Å²) in [5.41, 5.74) is 7.64. The van der Waals surface area contributed by atoms with E-state index in [0.717, 1.165) is 17.4 Å². The number of amides is 2. The van der Waals surface area contributed by atoms with E-state index < -0.39 is 11.9 Å². The summed E-state index contributed by atoms with van der Waals surface area (Å²) in [6.07, 6.45) is 2.50. The molecule has 9 heteroatoms. The molecule has 7 nitrogen and oxygen atoms in total. The minimum absolute atomic E-state index is 0.0675. The first kappa shape index (κ1) is 20.3. The van der Waals surface area contributed by atoms with Crippen molar-refractivity contribution in [2.24, 2.45) is 5.73 Å². The molecule has 4 rings (SSSR count). The molecule has 30 heavy (non-hydrogen) atoms. The summed E-state index contributed by atoms with van der Waals surface area (Å²) in [6, 6.07) is 8.31. The van der Waals surface area contributed by atoms with Crippen LogP contribution in [0.15, 0.2) is 42.6 Å². The topological polar surface area (TPSA) is 104 Å². The minimum atomic E-state index is -0.804. The molecule has 3 aromatic rings. The van der Waals surface area contributed by atoms with Gasteiger partial charge < -0.3 is 20.9 Å². The third-order valence-electron chi connectivity index (χ3n) is 5.21. The van der Waals surface area contributed by atoms with Crippen molar-refractivity contribution in [3.05, 3.63) is 64.8 Å². The van der Waals surface area contributed by atoms with Crippen molar-refractivity contribution in [1.29, 1.82) is 0 Å². The molecule has 3 heterocycles. The van der Waals surface area contributed by atoms with Crippen molar-refractivity contribution in [3.8, 4) is 0 Å². The zero-order valence-corrected chi connectivity index (χ0v) is 16.8. The number of nitrogens with two attached hydrogens (primary N) is 1. The van der Waals surface area contributed by atoms with E-state index in [1.54, 1.807) is 35.4 Å². The lowest BCUT2D eigenvalue weighted by atomic mass is 10.0. The Bertz CT molecular complexity index is 1080. The molecule has 2 aromatic heterocycles. The Kier molecular flexibility index (Phi) is 5.69. The van der Waals surface area contributed by atoms with Crippen LogP contribution in [0.25, 0.3) is 10.9 Å². The summed E-state index contributed by atoms with van der Waals surface area (Å²) in [5.74, 6) is -0.991. The first-order valence-electron chi connectivity index (χ1n) is 9.63. The van der Waals surface area contributed by atoms with Gasteiger partial charge in [-0.25, -0.2) is 9.37 Å². The van der Waals surface area contributed by atoms with Gasteiger partial charge in [0.05, 0.1) is 11.7 Å². The second-order valence-electron chi connectivity index (χ2n) is 7.47. The fourth-order valence-electron chi connectivity index (χ4n) is 3.63. The molecular formula is C21H21ClFN5O2. The van der Waals surface area contributed by atoms with Gasteiger partial charge in [-0.3, -0.25) is 9.59 Å². The summed E-state index contributed by atoms with van der Waals surface area (Å²) >= 11 is 5.91. The number of carbonyl (C=O) groups excluding carboxylic acids is 2. The fraction of sp³-hybridized carbons (Fsp3) is 0.286. The van der Waals surface area contributed by atoms with Gasteiger partial charge in [0.15, 0.2) is 0 Å². The van der Waals surface area contributed by atoms with Gasteiger partial charge in [-0.2, -0.15) is 0 Å². The zero-order chi connectivity index (χ0) is 21.3. The maximum Gasteiger partial charge on any atom is 0.268 e. The Hall–Kier alpha value is -2.97. The fourth-order valence-corrected chi connectivity index (χ4v) is 3.79. The molecule has 0 unspecified atom stereocenters. The van der Waals surface area contributed by atoms with Crippen molar-refractivity contribution in [3.63, 3.8) is 0 Å². The number of nitrogens with one attached hydrogen (secondary N) is 2. The van der Waals surface area contributed by atoms with E-state index in [2.05, 4.69) is 15.3 Å². The normalized spacial score (nSPS) is 17.3. The molecule has 0 bridgehead atoms. The number of H-pyrrole nitrogens is 1. The average molecular weight is 430 g/mol. The number of benzene rings is 1. The molecule has 0 spiro atoms. The first-order chi connectivity index (χ1) is 14.4. The summed E-state index contributed by atoms with van der Waals surface area (Å²) in [4.78, 5) is 34.6. The van der Waals surface area contributed by atoms with Gasteiger partial charge in [0.1, 0.15) is 22.7 Å². The van der Waals surface area contributed by atoms with Crippen LogP contribution in [0.1, 0.15) is 22.5 Å². The van der Waals surface area contributed by atoms with Gasteiger partial charge in [0.25, 0.3) is 5.91 Å². The highest BCUT2D eigenvalue weighted by Crippen LogP contribution is 2.18. The number of halogens is 2. The molecular weight excluding hydrogens is 409 g/mol. The van der Waals surface area contributed by atoms with Crippen LogP contribution in [0.4, 0.5) is 4.39 Å². The summed E-state index contributed by atoms with van der Waals surface area (Å²) in [5, 5.41) is 3.88. The Morgan fingerprint density at radius 2 is 2.10 bits per heavy atom. The minimum Gasteiger partial charge on any atom is -0.349 e. The molecule has 0 saturated carbocycles. The van der Waals surface area contributed by atoms with E-state index in [4.69, 9.17) is 17.3 Å². The SMILES string of the molecule is N[C@@H]1CCN(C(=O)[C@H](Cc2ccc(F)cc2)NC(=O)c2cc3cc(Cl)ncc3[nH]2)C1. The van der Waals surface area contributed by atoms with Crippen molar-refractivity contribution >= 4 is 34.3 Å². The van der Waals surface area contributed by atoms with Gasteiger partial charge >= 0.3 is 0 Å². The number of aromatic amines is 1. The van der Waals surface area contributed by atoms with E-state index in [9.17, 15) is 14.0 Å². The van der Waals surface area contributed by atoms with E-state index in [-0.39, 0.29) is 24.2 Å². The maximum absolute atomic E-state index is 13.3. The molecule has 1 fully saturated rings. The van der Waals surface area contributed by atoms with E-state index in [1.807, 2.05) is 0 Å². The standard InChI is InChI=1S/C21H21ClFN5O2/c22-19-9-13-8-16(26-18(13)10-25-19)20(29)27-17(7-12-1-3-14(23)4-2-12)21(30)28-6-5-15(24)11-28/h1-4,8-10,15,17,26H,5-7,11,24H2,(H,27,29)/t15-,17+/m1/s1. The van der Waals surface area contributed by atoms with Crippen LogP contribution >= 0.6 is 11.6 Å². The van der Waals surface area contributed by atoms with Crippen molar-refractivity contribution in [2.75, 3.05) is 13.1 Å². The molecule has 1 aliphatic heterocycles. The largest absolute Gasteiger partial charge is 0.349 e. The molecule has 1 saturated heterocycles. The number of likely N-dealkylation sites (tertiary alicyclic amines) is 1. The van der Waals surface area contributed by atoms with E-state index >= 15 is 0 Å². The molecule has 4 N–H and O–H groups in total. The quantitative estimate of drug-likeness (QED) is 0.541. The van der Waals surface area contributed by atoms with Gasteiger partial charge in [0.2, 0.25) is 5.91 Å². The van der Waals surface area contributed by atoms with Crippen LogP contribution in [0.3, 0.4) is 0 Å². The average Bonchev–Trinajstić information content (AvgIpc) is 3.34. The molecule has 2 atom stereocenters. The summed E-state index contributed by atoms with van der Waals surface area (Å²) in [6.45, 7) is 0.998. The lowest BCUT2D eigenvalue weighted by molar-refractivity contribution is -0.132. The molecule has 0 aliphatic carbocycles. The summed E-state index contributed by atoms with van der Waals surface area (Å²) in [7, 11) is 0. The Labute approximate surface area is 177 Å². The molecule has 1 aromatic carbocycles. The van der Waals surface area contributed by atoms with Crippen LogP contribution in [-0.2, 0) is 11.2 Å². The number of nitrogens with zero attached hydrogens (tertiary/aromatic N) is 2. The first-order valence-corrected chi connectivity index (χ1v) is 10.0. The highest BCUT2D eigenvalue weighted by molar-refractivity contribution is 6.30. The van der Waals surface area contributed by atoms with E-state index in [1.165, 1.54) is 12.1 Å². The van der Waals surface area contributed by atoms with Gasteiger partial charge in [-0.05, 0) is 36.2 Å². The van der Waals surface area contributed by atoms with Crippen LogP contribution in [0, 0.1) is 5.82 Å². The third-order valence-corrected chi connectivity index (χ3v) is 5.42. The number of hydrogen-bond acceptors (Lipinski definition) is 4. The Morgan fingerprint density at radius 1 is 1.33 bits per heavy atom. The number of pyridine rings is 1. The lowest BCUT2D eigenvalue weighted by Gasteiger charge is -2.24. The predicted molar refractivity (Wildman–Crippen MR) is 112 cm³/mol. The molecule has 0 radical (unpaired) electrons. The predicted octanol–water partition coefficient (Wildman–Crippen LogP) is 2.26. The Balaban J connectivity index is 1.56. The smallest absolute Gasteiger partial charge is 0.268 e. The van der Waals surface area contributed by atoms with Crippen molar-refractivity contribution < 1.29 is 14.0 Å². The summed E-state index contributed by atoms with van der Waals surface area (Å²) < 4.78 is 13.3. The zero-order valence-electron chi connectivity index (χ0n) is 16.1. The highest BCUT2D eigenvalue weighted by Gasteiger charge is 2.31. The van der Waals surface area contributed by atoms with Crippen molar-refractivity contribution in [1.82, 2.24) is 20.2 Å². The Morgan fingerprint density at radius 3 is 2.80 bits per heavy atom. The van der Waals surface area contributed by atoms with Crippen LogP contribution in [0.2, 0.25) is 5.15 Å². The van der Waals surface area contributed by atoms with Gasteiger partial charge in [0, 0.05) is 30.9 Å². The highest BCUT2D eigenvalue weighted by atomic mass is 35.5. The number of aromatic nitrogens is 2. The third kappa shape index (κ3) is 4.44. The number of hydrogen-bond donors (Lipinski definition) is 3. The molecule has 156 valence electrons. The van der Waals surface area contributed by atoms with Crippen LogP contribution in [-0.4, -0.2) is 51.9 Å². The van der Waals surface area contributed by atoms with Gasteiger partial charge in [-0.15, -0.1) is 0 Å². The second-order valence-corrected chi connectivity index (χ2v) is 7.85. The lowest BCUT2D eigenvalue weighted by Crippen LogP contribution is -2.49. The van der Waals surface area contributed by atoms with Gasteiger partial charge in [-0.1, -0.05) is 23.7 Å². The molecule has 1 aliphatic rings.